The third kappa shape index (κ3) is 3.31. The summed E-state index contributed by atoms with van der Waals surface area (Å²) in [6.07, 6.45) is 10.7. The number of aromatic nitrogens is 2. The van der Waals surface area contributed by atoms with Gasteiger partial charge in [0.15, 0.2) is 0 Å². The van der Waals surface area contributed by atoms with E-state index in [9.17, 15) is 0 Å². The van der Waals surface area contributed by atoms with Gasteiger partial charge in [0.25, 0.3) is 0 Å². The summed E-state index contributed by atoms with van der Waals surface area (Å²) in [6.45, 7) is 7.00. The van der Waals surface area contributed by atoms with Gasteiger partial charge in [-0.3, -0.25) is 14.9 Å². The molecule has 0 aliphatic carbocycles. The Kier molecular flexibility index (Phi) is 4.88. The van der Waals surface area contributed by atoms with E-state index in [1.54, 1.807) is 12.4 Å². The van der Waals surface area contributed by atoms with Gasteiger partial charge in [0.1, 0.15) is 0 Å². The summed E-state index contributed by atoms with van der Waals surface area (Å²) in [5.41, 5.74) is 1.08. The van der Waals surface area contributed by atoms with Gasteiger partial charge in [0, 0.05) is 17.9 Å². The summed E-state index contributed by atoms with van der Waals surface area (Å²) in [6, 6.07) is 0.208. The van der Waals surface area contributed by atoms with Crippen molar-refractivity contribution in [1.29, 1.82) is 0 Å². The molecule has 1 atom stereocenters. The van der Waals surface area contributed by atoms with Crippen LogP contribution in [-0.2, 0) is 0 Å². The Bertz CT molecular complexity index is 369. The number of likely N-dealkylation sites (N-methyl/N-ethyl adjacent to an activating group) is 1. The molecule has 1 aromatic rings. The molecule has 1 aromatic heterocycles. The van der Waals surface area contributed by atoms with E-state index in [0.29, 0.717) is 0 Å². The lowest BCUT2D eigenvalue weighted by Crippen LogP contribution is -2.52. The molecule has 0 spiro atoms. The van der Waals surface area contributed by atoms with Gasteiger partial charge in [0.05, 0.1) is 17.9 Å². The summed E-state index contributed by atoms with van der Waals surface area (Å²) in [5, 5.41) is 3.43. The van der Waals surface area contributed by atoms with Crippen molar-refractivity contribution in [2.24, 2.45) is 0 Å². The molecule has 1 saturated heterocycles. The number of nitrogens with zero attached hydrogens (tertiary/aromatic N) is 3. The zero-order chi connectivity index (χ0) is 13.7. The summed E-state index contributed by atoms with van der Waals surface area (Å²) < 4.78 is 0. The van der Waals surface area contributed by atoms with Gasteiger partial charge in [-0.25, -0.2) is 0 Å². The zero-order valence-electron chi connectivity index (χ0n) is 12.4. The summed E-state index contributed by atoms with van der Waals surface area (Å²) in [4.78, 5) is 11.3. The summed E-state index contributed by atoms with van der Waals surface area (Å²) >= 11 is 0. The molecule has 0 saturated carbocycles. The van der Waals surface area contributed by atoms with Crippen LogP contribution in [0.1, 0.15) is 51.3 Å². The molecule has 4 heteroatoms. The third-order valence-electron chi connectivity index (χ3n) is 4.30. The molecule has 19 heavy (non-hydrogen) atoms. The molecule has 1 unspecified atom stereocenters. The molecule has 0 aromatic carbocycles. The first-order valence-corrected chi connectivity index (χ1v) is 7.34. The van der Waals surface area contributed by atoms with Crippen molar-refractivity contribution in [2.75, 3.05) is 20.1 Å². The molecule has 106 valence electrons. The Labute approximate surface area is 116 Å². The van der Waals surface area contributed by atoms with Gasteiger partial charge in [0.2, 0.25) is 0 Å². The topological polar surface area (TPSA) is 41.1 Å². The molecule has 1 aliphatic rings. The van der Waals surface area contributed by atoms with Gasteiger partial charge in [-0.05, 0) is 46.8 Å². The molecule has 2 heterocycles. The van der Waals surface area contributed by atoms with Gasteiger partial charge in [-0.15, -0.1) is 0 Å². The molecular formula is C15H26N4. The number of rotatable bonds is 4. The zero-order valence-corrected chi connectivity index (χ0v) is 12.4. The Morgan fingerprint density at radius 2 is 1.84 bits per heavy atom. The number of hydrogen-bond donors (Lipinski definition) is 1. The van der Waals surface area contributed by atoms with Gasteiger partial charge < -0.3 is 5.32 Å². The highest BCUT2D eigenvalue weighted by Crippen LogP contribution is 2.31. The largest absolute Gasteiger partial charge is 0.310 e. The van der Waals surface area contributed by atoms with Crippen LogP contribution < -0.4 is 5.32 Å². The smallest absolute Gasteiger partial charge is 0.0774 e. The van der Waals surface area contributed by atoms with Crippen molar-refractivity contribution in [3.05, 3.63) is 24.3 Å². The first kappa shape index (κ1) is 14.4. The second-order valence-electron chi connectivity index (χ2n) is 5.91. The Morgan fingerprint density at radius 3 is 2.37 bits per heavy atom. The van der Waals surface area contributed by atoms with E-state index in [1.807, 2.05) is 13.2 Å². The molecular weight excluding hydrogens is 236 g/mol. The standard InChI is InChI=1S/C15H26N4/c1-15(2,19-10-6-4-5-7-11-19)14(16-3)13-12-17-8-9-18-13/h8-9,12,14,16H,4-7,10-11H2,1-3H3. The molecule has 0 amide bonds. The maximum atomic E-state index is 4.48. The van der Waals surface area contributed by atoms with Crippen LogP contribution in [-0.4, -0.2) is 40.5 Å². The predicted molar refractivity (Wildman–Crippen MR) is 78.0 cm³/mol. The van der Waals surface area contributed by atoms with Crippen LogP contribution in [0, 0.1) is 0 Å². The van der Waals surface area contributed by atoms with E-state index in [-0.39, 0.29) is 11.6 Å². The Morgan fingerprint density at radius 1 is 1.16 bits per heavy atom. The van der Waals surface area contributed by atoms with E-state index in [4.69, 9.17) is 0 Å². The van der Waals surface area contributed by atoms with Gasteiger partial charge >= 0.3 is 0 Å². The first-order valence-electron chi connectivity index (χ1n) is 7.34. The lowest BCUT2D eigenvalue weighted by atomic mass is 9.89. The van der Waals surface area contributed by atoms with E-state index < -0.39 is 0 Å². The highest BCUT2D eigenvalue weighted by molar-refractivity contribution is 5.10. The molecule has 0 radical (unpaired) electrons. The molecule has 0 bridgehead atoms. The van der Waals surface area contributed by atoms with Crippen LogP contribution in [0.25, 0.3) is 0 Å². The second-order valence-corrected chi connectivity index (χ2v) is 5.91. The molecule has 4 nitrogen and oxygen atoms in total. The SMILES string of the molecule is CNC(c1cnccn1)C(C)(C)N1CCCCCC1. The van der Waals surface area contributed by atoms with Crippen LogP contribution in [0.15, 0.2) is 18.6 Å². The van der Waals surface area contributed by atoms with Gasteiger partial charge in [-0.1, -0.05) is 12.8 Å². The van der Waals surface area contributed by atoms with Crippen molar-refractivity contribution in [3.63, 3.8) is 0 Å². The summed E-state index contributed by atoms with van der Waals surface area (Å²) in [7, 11) is 2.01. The van der Waals surface area contributed by atoms with Crippen molar-refractivity contribution in [2.45, 2.75) is 51.1 Å². The molecule has 1 fully saturated rings. The fourth-order valence-electron chi connectivity index (χ4n) is 3.15. The van der Waals surface area contributed by atoms with E-state index in [0.717, 1.165) is 5.69 Å². The molecule has 2 rings (SSSR count). The lowest BCUT2D eigenvalue weighted by Gasteiger charge is -2.43. The number of nitrogens with one attached hydrogen (secondary N) is 1. The average molecular weight is 262 g/mol. The second kappa shape index (κ2) is 6.44. The normalized spacial score (nSPS) is 19.9. The van der Waals surface area contributed by atoms with Crippen molar-refractivity contribution in [3.8, 4) is 0 Å². The quantitative estimate of drug-likeness (QED) is 0.904. The van der Waals surface area contributed by atoms with Crippen LogP contribution in [0.5, 0.6) is 0 Å². The highest BCUT2D eigenvalue weighted by Gasteiger charge is 2.36. The minimum absolute atomic E-state index is 0.0507. The number of likely N-dealkylation sites (tertiary alicyclic amines) is 1. The van der Waals surface area contributed by atoms with Gasteiger partial charge in [-0.2, -0.15) is 0 Å². The Hall–Kier alpha value is -1.00. The number of hydrogen-bond acceptors (Lipinski definition) is 4. The maximum Gasteiger partial charge on any atom is 0.0774 e. The van der Waals surface area contributed by atoms with Crippen molar-refractivity contribution >= 4 is 0 Å². The minimum atomic E-state index is 0.0507. The molecule has 1 N–H and O–H groups in total. The van der Waals surface area contributed by atoms with E-state index in [1.165, 1.54) is 38.8 Å². The minimum Gasteiger partial charge on any atom is -0.310 e. The average Bonchev–Trinajstić information content (AvgIpc) is 2.70. The summed E-state index contributed by atoms with van der Waals surface area (Å²) in [5.74, 6) is 0. The maximum absolute atomic E-state index is 4.48. The van der Waals surface area contributed by atoms with E-state index >= 15 is 0 Å². The lowest BCUT2D eigenvalue weighted by molar-refractivity contribution is 0.0847. The fourth-order valence-corrected chi connectivity index (χ4v) is 3.15. The van der Waals surface area contributed by atoms with Crippen LogP contribution in [0.4, 0.5) is 0 Å². The molecule has 1 aliphatic heterocycles. The first-order chi connectivity index (χ1) is 9.16. The Balaban J connectivity index is 2.19. The van der Waals surface area contributed by atoms with Crippen molar-refractivity contribution < 1.29 is 0 Å². The van der Waals surface area contributed by atoms with Crippen LogP contribution in [0.3, 0.4) is 0 Å². The van der Waals surface area contributed by atoms with Crippen LogP contribution >= 0.6 is 0 Å². The third-order valence-corrected chi connectivity index (χ3v) is 4.30. The van der Waals surface area contributed by atoms with E-state index in [2.05, 4.69) is 34.0 Å². The van der Waals surface area contributed by atoms with Crippen molar-refractivity contribution in [1.82, 2.24) is 20.2 Å². The fraction of sp³-hybridized carbons (Fsp3) is 0.733. The monoisotopic (exact) mass is 262 g/mol. The predicted octanol–water partition coefficient (Wildman–Crippen LogP) is 2.39. The van der Waals surface area contributed by atoms with Crippen LogP contribution in [0.2, 0.25) is 0 Å². The highest BCUT2D eigenvalue weighted by atomic mass is 15.2.